The lowest BCUT2D eigenvalue weighted by molar-refractivity contribution is 0.660. The van der Waals surface area contributed by atoms with Gasteiger partial charge >= 0.3 is 0 Å². The number of benzene rings is 2. The fourth-order valence-electron chi connectivity index (χ4n) is 3.48. The molecule has 1 aliphatic carbocycles. The van der Waals surface area contributed by atoms with E-state index < -0.39 is 0 Å². The molecular weight excluding hydrogens is 296 g/mol. The predicted octanol–water partition coefficient (Wildman–Crippen LogP) is 5.71. The molecule has 0 bridgehead atoms. The minimum absolute atomic E-state index is 0.102. The van der Waals surface area contributed by atoms with Crippen LogP contribution in [0.2, 0.25) is 5.02 Å². The summed E-state index contributed by atoms with van der Waals surface area (Å²) in [4.78, 5) is 6.31. The van der Waals surface area contributed by atoms with Crippen LogP contribution in [-0.2, 0) is 0 Å². The highest BCUT2D eigenvalue weighted by Crippen LogP contribution is 2.47. The first kappa shape index (κ1) is 13.3. The number of H-pyrrole nitrogens is 1. The molecule has 0 fully saturated rings. The smallest absolute Gasteiger partial charge is 0.0637 e. The fourth-order valence-corrected chi connectivity index (χ4v) is 3.65. The Morgan fingerprint density at radius 3 is 2.77 bits per heavy atom. The summed E-state index contributed by atoms with van der Waals surface area (Å²) in [6.07, 6.45) is 2.84. The van der Waals surface area contributed by atoms with Crippen molar-refractivity contribution in [2.45, 2.75) is 18.4 Å². The second-order valence-corrected chi connectivity index (χ2v) is 6.01. The molecule has 108 valence electrons. The Labute approximate surface area is 132 Å². The molecule has 4 rings (SSSR count). The highest BCUT2D eigenvalue weighted by Gasteiger charge is 2.32. The summed E-state index contributed by atoms with van der Waals surface area (Å²) >= 11 is 6.15. The van der Waals surface area contributed by atoms with Gasteiger partial charge in [-0.05, 0) is 46.8 Å². The van der Waals surface area contributed by atoms with Crippen LogP contribution in [0.25, 0.3) is 21.3 Å². The van der Waals surface area contributed by atoms with Crippen molar-refractivity contribution in [3.63, 3.8) is 0 Å². The van der Waals surface area contributed by atoms with Crippen LogP contribution in [0.3, 0.4) is 0 Å². The molecule has 1 N–H and O–H groups in total. The van der Waals surface area contributed by atoms with Crippen molar-refractivity contribution in [2.24, 2.45) is 5.11 Å². The Morgan fingerprint density at radius 2 is 1.95 bits per heavy atom. The van der Waals surface area contributed by atoms with Crippen LogP contribution in [0.1, 0.15) is 35.1 Å². The second kappa shape index (κ2) is 5.09. The number of hydrogen-bond acceptors (Lipinski definition) is 1. The van der Waals surface area contributed by atoms with Crippen molar-refractivity contribution in [3.05, 3.63) is 80.8 Å². The number of nitrogens with one attached hydrogen (secondary N) is 1. The second-order valence-electron chi connectivity index (χ2n) is 5.57. The first-order valence-corrected chi connectivity index (χ1v) is 7.55. The van der Waals surface area contributed by atoms with E-state index in [4.69, 9.17) is 17.1 Å². The number of aromatic amines is 1. The summed E-state index contributed by atoms with van der Waals surface area (Å²) in [5.74, 6) is 0.221. The Morgan fingerprint density at radius 1 is 1.14 bits per heavy atom. The number of fused-ring (bicyclic) bond motifs is 2. The average molecular weight is 309 g/mol. The van der Waals surface area contributed by atoms with Gasteiger partial charge in [0.25, 0.3) is 0 Å². The van der Waals surface area contributed by atoms with Gasteiger partial charge in [0.15, 0.2) is 0 Å². The minimum atomic E-state index is -0.102. The first-order chi connectivity index (χ1) is 10.8. The third-order valence-electron chi connectivity index (χ3n) is 4.43. The van der Waals surface area contributed by atoms with Gasteiger partial charge in [0.2, 0.25) is 0 Å². The molecule has 0 spiro atoms. The van der Waals surface area contributed by atoms with E-state index in [1.54, 1.807) is 0 Å². The monoisotopic (exact) mass is 308 g/mol. The Bertz CT molecular complexity index is 908. The zero-order valence-electron chi connectivity index (χ0n) is 11.7. The molecule has 1 aromatic heterocycles. The molecule has 5 heteroatoms. The van der Waals surface area contributed by atoms with Gasteiger partial charge in [-0.25, -0.2) is 0 Å². The maximum atomic E-state index is 8.81. The van der Waals surface area contributed by atoms with Crippen LogP contribution in [0, 0.1) is 0 Å². The number of aromatic nitrogens is 1. The molecule has 0 radical (unpaired) electrons. The summed E-state index contributed by atoms with van der Waals surface area (Å²) in [5.41, 5.74) is 13.5. The van der Waals surface area contributed by atoms with Gasteiger partial charge in [0, 0.05) is 33.0 Å². The van der Waals surface area contributed by atoms with Crippen LogP contribution in [0.5, 0.6) is 0 Å². The van der Waals surface area contributed by atoms with E-state index in [0.717, 1.165) is 27.9 Å². The molecule has 0 unspecified atom stereocenters. The fraction of sp³-hybridized carbons (Fsp3) is 0.176. The van der Waals surface area contributed by atoms with Crippen molar-refractivity contribution >= 4 is 22.5 Å². The maximum absolute atomic E-state index is 8.81. The van der Waals surface area contributed by atoms with Crippen molar-refractivity contribution in [2.75, 3.05) is 0 Å². The van der Waals surface area contributed by atoms with Crippen LogP contribution in [0.4, 0.5) is 0 Å². The largest absolute Gasteiger partial charge is 0.361 e. The molecule has 2 aromatic carbocycles. The summed E-state index contributed by atoms with van der Waals surface area (Å²) < 4.78 is 0. The molecule has 3 aromatic rings. The number of halogens is 1. The van der Waals surface area contributed by atoms with Crippen LogP contribution < -0.4 is 0 Å². The van der Waals surface area contributed by atoms with Crippen molar-refractivity contribution in [3.8, 4) is 0 Å². The van der Waals surface area contributed by atoms with Crippen molar-refractivity contribution in [1.82, 2.24) is 4.98 Å². The van der Waals surface area contributed by atoms with E-state index in [0.29, 0.717) is 0 Å². The number of rotatable bonds is 2. The van der Waals surface area contributed by atoms with Crippen LogP contribution >= 0.6 is 11.6 Å². The Hall–Kier alpha value is -2.42. The van der Waals surface area contributed by atoms with E-state index in [9.17, 15) is 0 Å². The molecular formula is C17H13ClN4. The number of hydrogen-bond donors (Lipinski definition) is 1. The molecule has 0 saturated carbocycles. The van der Waals surface area contributed by atoms with E-state index in [1.807, 2.05) is 36.5 Å². The summed E-state index contributed by atoms with van der Waals surface area (Å²) in [6, 6.07) is 14.0. The van der Waals surface area contributed by atoms with Gasteiger partial charge in [-0.2, -0.15) is 0 Å². The van der Waals surface area contributed by atoms with Crippen molar-refractivity contribution in [1.29, 1.82) is 0 Å². The summed E-state index contributed by atoms with van der Waals surface area (Å²) in [7, 11) is 0. The van der Waals surface area contributed by atoms with E-state index >= 15 is 0 Å². The normalized spacial score (nSPS) is 19.9. The van der Waals surface area contributed by atoms with Gasteiger partial charge in [-0.15, -0.1) is 0 Å². The molecule has 1 aliphatic rings. The van der Waals surface area contributed by atoms with Gasteiger partial charge in [-0.3, -0.25) is 0 Å². The molecule has 4 nitrogen and oxygen atoms in total. The number of azide groups is 1. The molecule has 0 amide bonds. The maximum Gasteiger partial charge on any atom is 0.0637 e. The zero-order chi connectivity index (χ0) is 15.1. The lowest BCUT2D eigenvalue weighted by Crippen LogP contribution is -1.95. The molecule has 0 aliphatic heterocycles. The third-order valence-corrected chi connectivity index (χ3v) is 4.67. The highest BCUT2D eigenvalue weighted by molar-refractivity contribution is 6.31. The van der Waals surface area contributed by atoms with Gasteiger partial charge in [0.1, 0.15) is 0 Å². The summed E-state index contributed by atoms with van der Waals surface area (Å²) in [5, 5.41) is 5.83. The lowest BCUT2D eigenvalue weighted by atomic mass is 9.93. The van der Waals surface area contributed by atoms with Crippen molar-refractivity contribution < 1.29 is 0 Å². The topological polar surface area (TPSA) is 64.6 Å². The van der Waals surface area contributed by atoms with Gasteiger partial charge in [-0.1, -0.05) is 41.0 Å². The SMILES string of the molecule is [N-]=[N+]=N[C@@H]1C[C@@H](c2c[nH]c3ccc(Cl)cc23)c2ccccc21. The van der Waals surface area contributed by atoms with Gasteiger partial charge < -0.3 is 4.98 Å². The van der Waals surface area contributed by atoms with E-state index in [-0.39, 0.29) is 12.0 Å². The minimum Gasteiger partial charge on any atom is -0.361 e. The predicted molar refractivity (Wildman–Crippen MR) is 88.1 cm³/mol. The lowest BCUT2D eigenvalue weighted by Gasteiger charge is -2.10. The van der Waals surface area contributed by atoms with Crippen LogP contribution in [-0.4, -0.2) is 4.98 Å². The Balaban J connectivity index is 1.89. The summed E-state index contributed by atoms with van der Waals surface area (Å²) in [6.45, 7) is 0. The van der Waals surface area contributed by atoms with Gasteiger partial charge in [0.05, 0.1) is 6.04 Å². The molecule has 22 heavy (non-hydrogen) atoms. The molecule has 0 saturated heterocycles. The average Bonchev–Trinajstić information content (AvgIpc) is 3.09. The molecule has 2 atom stereocenters. The Kier molecular flexibility index (Phi) is 3.07. The molecule has 1 heterocycles. The third kappa shape index (κ3) is 1.97. The van der Waals surface area contributed by atoms with Crippen LogP contribution in [0.15, 0.2) is 53.8 Å². The quantitative estimate of drug-likeness (QED) is 0.358. The number of nitrogens with zero attached hydrogens (tertiary/aromatic N) is 3. The zero-order valence-corrected chi connectivity index (χ0v) is 12.5. The first-order valence-electron chi connectivity index (χ1n) is 7.17. The van der Waals surface area contributed by atoms with E-state index in [1.165, 1.54) is 11.1 Å². The standard InChI is InChI=1S/C17H13ClN4/c18-10-5-6-16-14(7-10)15(9-20-16)13-8-17(21-22-19)12-4-2-1-3-11(12)13/h1-7,9,13,17,20H,8H2/t13-,17-/m1/s1. The van der Waals surface area contributed by atoms with E-state index in [2.05, 4.69) is 27.1 Å². The highest BCUT2D eigenvalue weighted by atomic mass is 35.5.